The lowest BCUT2D eigenvalue weighted by atomic mass is 10.2. The van der Waals surface area contributed by atoms with E-state index in [1.54, 1.807) is 6.21 Å². The Balaban J connectivity index is 1.87. The summed E-state index contributed by atoms with van der Waals surface area (Å²) in [6, 6.07) is 15.7. The Morgan fingerprint density at radius 3 is 2.54 bits per heavy atom. The van der Waals surface area contributed by atoms with E-state index in [1.807, 2.05) is 72.1 Å². The Bertz CT molecular complexity index is 1140. The Hall–Kier alpha value is -2.49. The standard InChI is InChI=1S/C19H22N4O3S2/c1-22(2)16-10-8-15(9-11-16)14-20-21-19-23(12-5-13-28(24,25)26)17-6-3-4-7-18(17)27-19/h3-4,6-11,14H,5,12-13H2,1-2H3,(H,24,25,26)/p-1. The van der Waals surface area contributed by atoms with Crippen LogP contribution in [0.4, 0.5) is 5.69 Å². The molecule has 3 rings (SSSR count). The molecule has 0 saturated carbocycles. The summed E-state index contributed by atoms with van der Waals surface area (Å²) in [4.78, 5) is 2.68. The molecule has 0 aliphatic carbocycles. The lowest BCUT2D eigenvalue weighted by Gasteiger charge is -2.11. The summed E-state index contributed by atoms with van der Waals surface area (Å²) >= 11 is 1.47. The van der Waals surface area contributed by atoms with Crippen LogP contribution in [0.25, 0.3) is 10.2 Å². The van der Waals surface area contributed by atoms with Crippen LogP contribution in [0.15, 0.2) is 58.7 Å². The molecule has 0 N–H and O–H groups in total. The normalized spacial score (nSPS) is 12.9. The number of fused-ring (bicyclic) bond motifs is 1. The summed E-state index contributed by atoms with van der Waals surface area (Å²) in [6.07, 6.45) is 1.91. The second-order valence-corrected chi connectivity index (χ2v) is 8.98. The van der Waals surface area contributed by atoms with Gasteiger partial charge in [0.05, 0.1) is 26.5 Å². The maximum atomic E-state index is 10.9. The first-order valence-electron chi connectivity index (χ1n) is 8.70. The van der Waals surface area contributed by atoms with Crippen molar-refractivity contribution in [3.05, 3.63) is 58.9 Å². The lowest BCUT2D eigenvalue weighted by Crippen LogP contribution is -2.17. The molecule has 2 aromatic carbocycles. The number of nitrogens with zero attached hydrogens (tertiary/aromatic N) is 4. The summed E-state index contributed by atoms with van der Waals surface area (Å²) in [7, 11) is -0.264. The zero-order valence-corrected chi connectivity index (χ0v) is 17.3. The summed E-state index contributed by atoms with van der Waals surface area (Å²) < 4.78 is 35.6. The largest absolute Gasteiger partial charge is 0.748 e. The van der Waals surface area contributed by atoms with Gasteiger partial charge in [0.2, 0.25) is 4.80 Å². The van der Waals surface area contributed by atoms with E-state index in [4.69, 9.17) is 0 Å². The molecule has 148 valence electrons. The van der Waals surface area contributed by atoms with Crippen molar-refractivity contribution in [2.45, 2.75) is 13.0 Å². The van der Waals surface area contributed by atoms with Gasteiger partial charge in [-0.1, -0.05) is 35.6 Å². The van der Waals surface area contributed by atoms with Gasteiger partial charge in [0.1, 0.15) is 0 Å². The van der Waals surface area contributed by atoms with Crippen molar-refractivity contribution in [3.63, 3.8) is 0 Å². The maximum Gasteiger partial charge on any atom is 0.211 e. The Morgan fingerprint density at radius 1 is 1.14 bits per heavy atom. The van der Waals surface area contributed by atoms with Gasteiger partial charge in [0.25, 0.3) is 0 Å². The molecule has 28 heavy (non-hydrogen) atoms. The molecule has 0 unspecified atom stereocenters. The zero-order chi connectivity index (χ0) is 20.1. The summed E-state index contributed by atoms with van der Waals surface area (Å²) in [5, 5.41) is 8.52. The monoisotopic (exact) mass is 417 g/mol. The first kappa shape index (κ1) is 20.2. The third-order valence-electron chi connectivity index (χ3n) is 4.12. The molecule has 1 aromatic heterocycles. The van der Waals surface area contributed by atoms with Crippen molar-refractivity contribution in [3.8, 4) is 0 Å². The minimum Gasteiger partial charge on any atom is -0.748 e. The number of rotatable bonds is 7. The van der Waals surface area contributed by atoms with Crippen LogP contribution in [0.2, 0.25) is 0 Å². The van der Waals surface area contributed by atoms with E-state index in [0.29, 0.717) is 11.3 Å². The van der Waals surface area contributed by atoms with Gasteiger partial charge < -0.3 is 14.0 Å². The molecule has 0 fully saturated rings. The van der Waals surface area contributed by atoms with E-state index in [-0.39, 0.29) is 6.42 Å². The molecular formula is C19H21N4O3S2-. The Labute approximate surface area is 168 Å². The predicted octanol–water partition coefficient (Wildman–Crippen LogP) is 2.64. The van der Waals surface area contributed by atoms with Gasteiger partial charge in [-0.05, 0) is 36.2 Å². The SMILES string of the molecule is CN(C)c1ccc(C=NN=c2sc3ccccc3n2CCCS(=O)(=O)[O-])cc1. The number of hydrogen-bond donors (Lipinski definition) is 0. The smallest absolute Gasteiger partial charge is 0.211 e. The van der Waals surface area contributed by atoms with E-state index in [2.05, 4.69) is 10.2 Å². The summed E-state index contributed by atoms with van der Waals surface area (Å²) in [5.41, 5.74) is 2.98. The zero-order valence-electron chi connectivity index (χ0n) is 15.6. The number of hydrogen-bond acceptors (Lipinski definition) is 7. The number of anilines is 1. The predicted molar refractivity (Wildman–Crippen MR) is 113 cm³/mol. The molecule has 0 aliphatic rings. The Kier molecular flexibility index (Phi) is 6.28. The van der Waals surface area contributed by atoms with E-state index in [9.17, 15) is 13.0 Å². The van der Waals surface area contributed by atoms with E-state index in [0.717, 1.165) is 21.5 Å². The number of aryl methyl sites for hydroxylation is 1. The number of aromatic nitrogens is 1. The van der Waals surface area contributed by atoms with Crippen molar-refractivity contribution in [2.24, 2.45) is 10.2 Å². The second-order valence-electron chi connectivity index (χ2n) is 6.45. The number of para-hydroxylation sites is 1. The summed E-state index contributed by atoms with van der Waals surface area (Å²) in [5.74, 6) is -0.398. The topological polar surface area (TPSA) is 90.1 Å². The average molecular weight is 418 g/mol. The first-order chi connectivity index (χ1) is 13.3. The van der Waals surface area contributed by atoms with Crippen LogP contribution in [-0.2, 0) is 16.7 Å². The summed E-state index contributed by atoms with van der Waals surface area (Å²) in [6.45, 7) is 0.386. The third kappa shape index (κ3) is 5.28. The van der Waals surface area contributed by atoms with Crippen LogP contribution in [0, 0.1) is 0 Å². The van der Waals surface area contributed by atoms with Gasteiger partial charge in [0, 0.05) is 32.1 Å². The minimum absolute atomic E-state index is 0.232. The maximum absolute atomic E-state index is 10.9. The van der Waals surface area contributed by atoms with Gasteiger partial charge >= 0.3 is 0 Å². The molecule has 3 aromatic rings. The first-order valence-corrected chi connectivity index (χ1v) is 11.1. The average Bonchev–Trinajstić information content (AvgIpc) is 2.99. The highest BCUT2D eigenvalue weighted by molar-refractivity contribution is 7.85. The molecular weight excluding hydrogens is 396 g/mol. The van der Waals surface area contributed by atoms with Gasteiger partial charge in [-0.15, -0.1) is 5.10 Å². The van der Waals surface area contributed by atoms with Crippen molar-refractivity contribution >= 4 is 43.6 Å². The van der Waals surface area contributed by atoms with Gasteiger partial charge in [0.15, 0.2) is 0 Å². The van der Waals surface area contributed by atoms with Crippen LogP contribution in [0.5, 0.6) is 0 Å². The van der Waals surface area contributed by atoms with Crippen LogP contribution in [0.3, 0.4) is 0 Å². The third-order valence-corrected chi connectivity index (χ3v) is 5.96. The van der Waals surface area contributed by atoms with Crippen LogP contribution in [-0.4, -0.2) is 43.6 Å². The van der Waals surface area contributed by atoms with Crippen LogP contribution < -0.4 is 9.70 Å². The highest BCUT2D eigenvalue weighted by Gasteiger charge is 2.06. The molecule has 0 radical (unpaired) electrons. The highest BCUT2D eigenvalue weighted by atomic mass is 32.2. The van der Waals surface area contributed by atoms with E-state index in [1.165, 1.54) is 11.3 Å². The fourth-order valence-corrected chi connectivity index (χ4v) is 4.21. The fourth-order valence-electron chi connectivity index (χ4n) is 2.72. The lowest BCUT2D eigenvalue weighted by molar-refractivity contribution is 0.459. The molecule has 0 aliphatic heterocycles. The molecule has 0 saturated heterocycles. The molecule has 0 amide bonds. The van der Waals surface area contributed by atoms with Gasteiger partial charge in [-0.2, -0.15) is 5.10 Å². The van der Waals surface area contributed by atoms with Crippen molar-refractivity contribution in [1.82, 2.24) is 4.57 Å². The van der Waals surface area contributed by atoms with E-state index < -0.39 is 15.9 Å². The fraction of sp³-hybridized carbons (Fsp3) is 0.263. The molecule has 9 heteroatoms. The minimum atomic E-state index is -4.23. The van der Waals surface area contributed by atoms with Crippen molar-refractivity contribution < 1.29 is 13.0 Å². The van der Waals surface area contributed by atoms with Gasteiger partial charge in [-0.3, -0.25) is 0 Å². The second kappa shape index (κ2) is 8.68. The molecule has 1 heterocycles. The quantitative estimate of drug-likeness (QED) is 0.336. The Morgan fingerprint density at radius 2 is 1.86 bits per heavy atom. The molecule has 0 bridgehead atoms. The van der Waals surface area contributed by atoms with Crippen molar-refractivity contribution in [1.29, 1.82) is 0 Å². The molecule has 7 nitrogen and oxygen atoms in total. The van der Waals surface area contributed by atoms with Crippen molar-refractivity contribution in [2.75, 3.05) is 24.7 Å². The van der Waals surface area contributed by atoms with Crippen LogP contribution >= 0.6 is 11.3 Å². The van der Waals surface area contributed by atoms with E-state index >= 15 is 0 Å². The molecule has 0 spiro atoms. The number of benzene rings is 2. The highest BCUT2D eigenvalue weighted by Crippen LogP contribution is 2.17. The molecule has 0 atom stereocenters. The van der Waals surface area contributed by atoms with Gasteiger partial charge in [-0.25, -0.2) is 8.42 Å². The van der Waals surface area contributed by atoms with Crippen LogP contribution in [0.1, 0.15) is 12.0 Å². The number of thiazole rings is 1.